The van der Waals surface area contributed by atoms with E-state index >= 15 is 4.79 Å². The van der Waals surface area contributed by atoms with Crippen LogP contribution in [0.5, 0.6) is 5.75 Å². The van der Waals surface area contributed by atoms with Crippen LogP contribution in [0.3, 0.4) is 0 Å². The molecule has 6 atom stereocenters. The first-order valence-electron chi connectivity index (χ1n) is 16.3. The Hall–Kier alpha value is -4.88. The van der Waals surface area contributed by atoms with Crippen molar-refractivity contribution in [3.63, 3.8) is 0 Å². The van der Waals surface area contributed by atoms with Gasteiger partial charge < -0.3 is 5.11 Å². The molecule has 1 saturated heterocycles. The zero-order valence-corrected chi connectivity index (χ0v) is 27.5. The molecule has 48 heavy (non-hydrogen) atoms. The Morgan fingerprint density at radius 1 is 0.792 bits per heavy atom. The molecule has 0 bridgehead atoms. The molecule has 1 heterocycles. The van der Waals surface area contributed by atoms with Gasteiger partial charge in [0.25, 0.3) is 0 Å². The van der Waals surface area contributed by atoms with Gasteiger partial charge in [-0.3, -0.25) is 24.1 Å². The number of fused-ring (bicyclic) bond motifs is 4. The number of aromatic hydroxyl groups is 1. The van der Waals surface area contributed by atoms with Crippen molar-refractivity contribution < 1.29 is 24.3 Å². The highest BCUT2D eigenvalue weighted by Gasteiger charge is 2.66. The van der Waals surface area contributed by atoms with Crippen LogP contribution in [-0.2, 0) is 31.1 Å². The summed E-state index contributed by atoms with van der Waals surface area (Å²) in [5, 5.41) is 11.5. The highest BCUT2D eigenvalue weighted by Crippen LogP contribution is 2.64. The number of Topliss-reactive ketones (excluding diaryl/α,β-unsaturated/α-hetero) is 1. The maximum atomic E-state index is 15.1. The van der Waals surface area contributed by atoms with Gasteiger partial charge in [0.15, 0.2) is 11.6 Å². The Labute approximate surface area is 286 Å². The number of benzene rings is 4. The number of allylic oxidation sites excluding steroid dienone is 4. The van der Waals surface area contributed by atoms with Crippen LogP contribution in [0, 0.1) is 23.7 Å². The Morgan fingerprint density at radius 3 is 2.17 bits per heavy atom. The molecule has 1 aliphatic heterocycles. The number of likely N-dealkylation sites (tertiary alicyclic amines) is 1. The Morgan fingerprint density at radius 2 is 1.46 bits per heavy atom. The molecule has 8 rings (SSSR count). The van der Waals surface area contributed by atoms with Gasteiger partial charge in [-0.1, -0.05) is 119 Å². The molecule has 6 unspecified atom stereocenters. The van der Waals surface area contributed by atoms with Gasteiger partial charge in [-0.05, 0) is 59.7 Å². The number of nitrogens with zero attached hydrogens (tertiary/aromatic N) is 1. The Balaban J connectivity index is 1.35. The zero-order chi connectivity index (χ0) is 33.2. The molecule has 4 aliphatic rings. The largest absolute Gasteiger partial charge is 0.508 e. The fourth-order valence-corrected chi connectivity index (χ4v) is 9.34. The van der Waals surface area contributed by atoms with E-state index in [4.69, 9.17) is 0 Å². The summed E-state index contributed by atoms with van der Waals surface area (Å²) in [6.45, 7) is 0.180. The summed E-state index contributed by atoms with van der Waals surface area (Å²) < 4.78 is 0.711. The predicted molar refractivity (Wildman–Crippen MR) is 184 cm³/mol. The average Bonchev–Trinajstić information content (AvgIpc) is 3.36. The molecule has 2 fully saturated rings. The van der Waals surface area contributed by atoms with Crippen molar-refractivity contribution in [2.24, 2.45) is 23.7 Å². The summed E-state index contributed by atoms with van der Waals surface area (Å²) in [7, 11) is 0. The van der Waals surface area contributed by atoms with E-state index in [9.17, 15) is 19.5 Å². The van der Waals surface area contributed by atoms with Crippen LogP contribution in [0.4, 0.5) is 0 Å². The summed E-state index contributed by atoms with van der Waals surface area (Å²) in [6.07, 6.45) is 4.06. The first kappa shape index (κ1) is 30.5. The van der Waals surface area contributed by atoms with Gasteiger partial charge in [-0.25, -0.2) is 0 Å². The quantitative estimate of drug-likeness (QED) is 0.176. The number of phenolic OH excluding ortho intramolecular Hbond substituents is 1. The lowest BCUT2D eigenvalue weighted by atomic mass is 9.44. The number of phenols is 1. The highest BCUT2D eigenvalue weighted by atomic mass is 79.9. The molecular weight excluding hydrogens is 666 g/mol. The van der Waals surface area contributed by atoms with Crippen LogP contribution < -0.4 is 0 Å². The number of hydrogen-bond acceptors (Lipinski definition) is 5. The van der Waals surface area contributed by atoms with Crippen LogP contribution in [-0.4, -0.2) is 33.4 Å². The first-order chi connectivity index (χ1) is 23.3. The second-order valence-corrected chi connectivity index (χ2v) is 14.2. The van der Waals surface area contributed by atoms with Crippen molar-refractivity contribution in [1.29, 1.82) is 0 Å². The molecule has 6 nitrogen and oxygen atoms in total. The second kappa shape index (κ2) is 11.7. The van der Waals surface area contributed by atoms with Gasteiger partial charge in [0.2, 0.25) is 11.8 Å². The second-order valence-electron chi connectivity index (χ2n) is 13.2. The number of amides is 2. The zero-order valence-electron chi connectivity index (χ0n) is 26.0. The third-order valence-electron chi connectivity index (χ3n) is 11.0. The van der Waals surface area contributed by atoms with Crippen LogP contribution in [0.25, 0.3) is 5.57 Å². The van der Waals surface area contributed by atoms with Gasteiger partial charge >= 0.3 is 0 Å². The van der Waals surface area contributed by atoms with Crippen molar-refractivity contribution in [3.05, 3.63) is 154 Å². The van der Waals surface area contributed by atoms with E-state index < -0.39 is 35.0 Å². The molecule has 7 heteroatoms. The lowest BCUT2D eigenvalue weighted by Crippen LogP contribution is -2.58. The maximum absolute atomic E-state index is 15.1. The monoisotopic (exact) mass is 697 g/mol. The van der Waals surface area contributed by atoms with Crippen molar-refractivity contribution in [2.45, 2.75) is 30.7 Å². The average molecular weight is 699 g/mol. The molecule has 4 aromatic carbocycles. The topological polar surface area (TPSA) is 91.8 Å². The molecule has 2 amide bonds. The number of rotatable bonds is 5. The maximum Gasteiger partial charge on any atom is 0.234 e. The minimum absolute atomic E-state index is 0.00135. The number of carbonyl (C=O) groups excluding carboxylic acids is 4. The Kier molecular flexibility index (Phi) is 7.40. The van der Waals surface area contributed by atoms with Crippen molar-refractivity contribution >= 4 is 44.9 Å². The fraction of sp³-hybridized carbons (Fsp3) is 0.220. The molecule has 0 spiro atoms. The Bertz CT molecular complexity index is 2040. The van der Waals surface area contributed by atoms with Gasteiger partial charge in [-0.2, -0.15) is 0 Å². The first-order valence-corrected chi connectivity index (χ1v) is 17.1. The van der Waals surface area contributed by atoms with Crippen LogP contribution in [0.2, 0.25) is 0 Å². The van der Waals surface area contributed by atoms with Crippen LogP contribution in [0.1, 0.15) is 41.0 Å². The van der Waals surface area contributed by atoms with E-state index in [0.29, 0.717) is 33.2 Å². The number of halogens is 1. The van der Waals surface area contributed by atoms with E-state index in [1.165, 1.54) is 11.0 Å². The molecular formula is C41H32BrNO5. The number of ketones is 2. The molecule has 0 radical (unpaired) electrons. The summed E-state index contributed by atoms with van der Waals surface area (Å²) in [4.78, 5) is 59.7. The van der Waals surface area contributed by atoms with E-state index in [1.54, 1.807) is 12.1 Å². The fourth-order valence-electron chi connectivity index (χ4n) is 8.96. The smallest absolute Gasteiger partial charge is 0.234 e. The SMILES string of the molecule is O=C1C(c2ccccc2)=CC(=O)C2(c3ccccc3)C1CC1C(=CCC3C(=O)N(Cc4ccccc4)C(=O)C31)C2c1cc(Br)ccc1O. The van der Waals surface area contributed by atoms with Gasteiger partial charge in [-0.15, -0.1) is 0 Å². The van der Waals surface area contributed by atoms with E-state index in [2.05, 4.69) is 15.9 Å². The van der Waals surface area contributed by atoms with Crippen molar-refractivity contribution in [2.75, 3.05) is 0 Å². The van der Waals surface area contributed by atoms with Gasteiger partial charge in [0.05, 0.1) is 23.8 Å². The predicted octanol–water partition coefficient (Wildman–Crippen LogP) is 7.18. The van der Waals surface area contributed by atoms with Crippen molar-refractivity contribution in [1.82, 2.24) is 4.90 Å². The normalized spacial score (nSPS) is 27.9. The lowest BCUT2D eigenvalue weighted by molar-refractivity contribution is -0.141. The van der Waals surface area contributed by atoms with E-state index in [-0.39, 0.29) is 42.1 Å². The van der Waals surface area contributed by atoms with Gasteiger partial charge in [0.1, 0.15) is 5.75 Å². The van der Waals surface area contributed by atoms with Crippen molar-refractivity contribution in [3.8, 4) is 5.75 Å². The number of carbonyl (C=O) groups is 4. The molecule has 1 N–H and O–H groups in total. The number of hydrogen-bond donors (Lipinski definition) is 1. The molecule has 0 aromatic heterocycles. The highest BCUT2D eigenvalue weighted by molar-refractivity contribution is 9.10. The van der Waals surface area contributed by atoms with E-state index in [0.717, 1.165) is 11.1 Å². The van der Waals surface area contributed by atoms with E-state index in [1.807, 2.05) is 103 Å². The third-order valence-corrected chi connectivity index (χ3v) is 11.4. The summed E-state index contributed by atoms with van der Waals surface area (Å²) in [5.74, 6) is -4.21. The molecule has 238 valence electrons. The summed E-state index contributed by atoms with van der Waals surface area (Å²) >= 11 is 3.58. The molecule has 1 saturated carbocycles. The molecule has 4 aromatic rings. The summed E-state index contributed by atoms with van der Waals surface area (Å²) in [6, 6.07) is 33.2. The summed E-state index contributed by atoms with van der Waals surface area (Å²) in [5.41, 5.74) is 2.48. The standard InChI is InChI=1S/C41H32BrNO5/c42-27-16-19-34(44)32(20-27)37-28-17-18-29-36(40(48)43(39(29)47)23-24-10-4-1-5-11-24)31(28)21-33-38(46)30(25-12-6-2-7-13-25)22-35(45)41(33,37)26-14-8-3-9-15-26/h1-17,19-20,22,29,31,33,36-37,44H,18,21,23H2. The third kappa shape index (κ3) is 4.51. The van der Waals surface area contributed by atoms with Crippen LogP contribution >= 0.6 is 15.9 Å². The minimum Gasteiger partial charge on any atom is -0.508 e. The van der Waals surface area contributed by atoms with Gasteiger partial charge in [0, 0.05) is 27.4 Å². The van der Waals surface area contributed by atoms with Crippen LogP contribution in [0.15, 0.2) is 131 Å². The lowest BCUT2D eigenvalue weighted by Gasteiger charge is -2.55. The minimum atomic E-state index is -1.39. The molecule has 3 aliphatic carbocycles. The number of imide groups is 1.